The van der Waals surface area contributed by atoms with Gasteiger partial charge in [0.1, 0.15) is 5.82 Å². The summed E-state index contributed by atoms with van der Waals surface area (Å²) in [7, 11) is 0. The summed E-state index contributed by atoms with van der Waals surface area (Å²) in [6.07, 6.45) is 3.87. The molecule has 0 bridgehead atoms. The predicted octanol–water partition coefficient (Wildman–Crippen LogP) is 3.89. The monoisotopic (exact) mass is 363 g/mol. The molecule has 27 heavy (non-hydrogen) atoms. The Morgan fingerprint density at radius 3 is 3.04 bits per heavy atom. The number of likely N-dealkylation sites (tertiary alicyclic amines) is 1. The molecule has 0 unspecified atom stereocenters. The second-order valence-electron chi connectivity index (χ2n) is 7.16. The number of aryl methyl sites for hydroxylation is 1. The summed E-state index contributed by atoms with van der Waals surface area (Å²) in [4.78, 5) is 15.2. The number of aromatic nitrogens is 4. The average molecular weight is 363 g/mol. The number of aromatic amines is 1. The smallest absolute Gasteiger partial charge is 0.241 e. The van der Waals surface area contributed by atoms with Crippen LogP contribution in [0.15, 0.2) is 45.5 Å². The highest BCUT2D eigenvalue weighted by Crippen LogP contribution is 2.28. The average Bonchev–Trinajstić information content (AvgIpc) is 3.42. The molecule has 0 aliphatic carbocycles. The van der Waals surface area contributed by atoms with Crippen molar-refractivity contribution in [3.05, 3.63) is 53.9 Å². The molecule has 0 saturated carbocycles. The van der Waals surface area contributed by atoms with Crippen molar-refractivity contribution in [2.24, 2.45) is 0 Å². The minimum atomic E-state index is 0.387. The first-order valence-corrected chi connectivity index (χ1v) is 9.30. The van der Waals surface area contributed by atoms with Gasteiger partial charge < -0.3 is 13.9 Å². The zero-order chi connectivity index (χ0) is 18.2. The van der Waals surface area contributed by atoms with Crippen LogP contribution >= 0.6 is 0 Å². The number of hydrogen-bond acceptors (Lipinski definition) is 6. The molecule has 0 spiro atoms. The van der Waals surface area contributed by atoms with Gasteiger partial charge in [-0.1, -0.05) is 17.3 Å². The van der Waals surface area contributed by atoms with Crippen LogP contribution in [0.3, 0.4) is 0 Å². The van der Waals surface area contributed by atoms with Crippen molar-refractivity contribution in [2.45, 2.75) is 32.2 Å². The maximum Gasteiger partial charge on any atom is 0.241 e. The van der Waals surface area contributed by atoms with E-state index in [1.165, 1.54) is 5.56 Å². The summed E-state index contributed by atoms with van der Waals surface area (Å²) in [5, 5.41) is 4.01. The molecule has 7 nitrogen and oxygen atoms in total. The number of piperidine rings is 1. The molecule has 138 valence electrons. The molecule has 0 radical (unpaired) electrons. The molecule has 1 aromatic carbocycles. The Balaban J connectivity index is 1.31. The van der Waals surface area contributed by atoms with E-state index < -0.39 is 0 Å². The Labute approximate surface area is 156 Å². The van der Waals surface area contributed by atoms with Gasteiger partial charge in [0, 0.05) is 12.5 Å². The maximum absolute atomic E-state index is 5.41. The second-order valence-corrected chi connectivity index (χ2v) is 7.16. The molecular weight excluding hydrogens is 342 g/mol. The SMILES string of the molecule is Cc1cccc2[nH]c([C@H]3CCCN(Cc4nc(-c5ccco5)no4)C3)nc12. The first kappa shape index (κ1) is 16.3. The van der Waals surface area contributed by atoms with Gasteiger partial charge in [0.15, 0.2) is 5.76 Å². The number of furan rings is 1. The van der Waals surface area contributed by atoms with Gasteiger partial charge in [0.05, 0.1) is 23.8 Å². The van der Waals surface area contributed by atoms with Gasteiger partial charge in [-0.05, 0) is 50.1 Å². The van der Waals surface area contributed by atoms with Gasteiger partial charge in [-0.25, -0.2) is 4.98 Å². The second kappa shape index (κ2) is 6.66. The number of rotatable bonds is 4. The molecule has 7 heteroatoms. The van der Waals surface area contributed by atoms with Gasteiger partial charge >= 0.3 is 0 Å². The summed E-state index contributed by atoms with van der Waals surface area (Å²) in [6.45, 7) is 4.70. The van der Waals surface area contributed by atoms with Gasteiger partial charge in [-0.3, -0.25) is 4.90 Å². The molecule has 1 N–H and O–H groups in total. The summed E-state index contributed by atoms with van der Waals surface area (Å²) in [5.41, 5.74) is 3.39. The van der Waals surface area contributed by atoms with E-state index in [1.54, 1.807) is 6.26 Å². The number of imidazole rings is 1. The van der Waals surface area contributed by atoms with E-state index in [-0.39, 0.29) is 0 Å². The number of benzene rings is 1. The molecule has 4 aromatic rings. The summed E-state index contributed by atoms with van der Waals surface area (Å²) in [6, 6.07) is 9.91. The van der Waals surface area contributed by atoms with E-state index in [0.717, 1.165) is 42.8 Å². The van der Waals surface area contributed by atoms with Crippen LogP contribution in [0, 0.1) is 6.92 Å². The van der Waals surface area contributed by atoms with Gasteiger partial charge in [-0.2, -0.15) is 4.98 Å². The lowest BCUT2D eigenvalue weighted by molar-refractivity contribution is 0.174. The van der Waals surface area contributed by atoms with Crippen LogP contribution in [0.5, 0.6) is 0 Å². The molecule has 1 atom stereocenters. The molecular formula is C20H21N5O2. The molecule has 4 heterocycles. The van der Waals surface area contributed by atoms with Crippen molar-refractivity contribution < 1.29 is 8.94 Å². The largest absolute Gasteiger partial charge is 0.461 e. The van der Waals surface area contributed by atoms with Crippen molar-refractivity contribution in [3.8, 4) is 11.6 Å². The zero-order valence-electron chi connectivity index (χ0n) is 15.2. The first-order valence-electron chi connectivity index (χ1n) is 9.30. The topological polar surface area (TPSA) is 84.0 Å². The molecule has 1 saturated heterocycles. The molecule has 1 fully saturated rings. The molecule has 1 aliphatic heterocycles. The Hall–Kier alpha value is -2.93. The Morgan fingerprint density at radius 2 is 2.19 bits per heavy atom. The van der Waals surface area contributed by atoms with Crippen LogP contribution in [-0.2, 0) is 6.54 Å². The van der Waals surface area contributed by atoms with Gasteiger partial charge in [-0.15, -0.1) is 0 Å². The fourth-order valence-electron chi connectivity index (χ4n) is 3.83. The Morgan fingerprint density at radius 1 is 1.22 bits per heavy atom. The normalized spacial score (nSPS) is 18.3. The van der Waals surface area contributed by atoms with E-state index in [4.69, 9.17) is 13.9 Å². The highest BCUT2D eigenvalue weighted by molar-refractivity contribution is 5.78. The highest BCUT2D eigenvalue weighted by atomic mass is 16.5. The van der Waals surface area contributed by atoms with Crippen molar-refractivity contribution in [2.75, 3.05) is 13.1 Å². The lowest BCUT2D eigenvalue weighted by Crippen LogP contribution is -2.34. The lowest BCUT2D eigenvalue weighted by Gasteiger charge is -2.30. The van der Waals surface area contributed by atoms with Crippen molar-refractivity contribution in [1.82, 2.24) is 25.0 Å². The van der Waals surface area contributed by atoms with Crippen LogP contribution in [0.2, 0.25) is 0 Å². The van der Waals surface area contributed by atoms with Crippen molar-refractivity contribution >= 4 is 11.0 Å². The predicted molar refractivity (Wildman–Crippen MR) is 100 cm³/mol. The number of hydrogen-bond donors (Lipinski definition) is 1. The van der Waals surface area contributed by atoms with Crippen LogP contribution in [0.1, 0.15) is 36.0 Å². The van der Waals surface area contributed by atoms with Crippen LogP contribution < -0.4 is 0 Å². The minimum Gasteiger partial charge on any atom is -0.461 e. The minimum absolute atomic E-state index is 0.387. The Bertz CT molecular complexity index is 1050. The number of H-pyrrole nitrogens is 1. The molecule has 0 amide bonds. The maximum atomic E-state index is 5.41. The van der Waals surface area contributed by atoms with Crippen molar-refractivity contribution in [3.63, 3.8) is 0 Å². The highest BCUT2D eigenvalue weighted by Gasteiger charge is 2.25. The molecule has 3 aromatic heterocycles. The molecule has 1 aliphatic rings. The quantitative estimate of drug-likeness (QED) is 0.592. The zero-order valence-corrected chi connectivity index (χ0v) is 15.2. The summed E-state index contributed by atoms with van der Waals surface area (Å²) in [5.74, 6) is 3.20. The standard InChI is InChI=1S/C20H21N5O2/c1-13-5-2-7-15-18(13)23-19(21-15)14-6-3-9-25(11-14)12-17-22-20(24-27-17)16-8-4-10-26-16/h2,4-5,7-8,10,14H,3,6,9,11-12H2,1H3,(H,21,23)/t14-/m0/s1. The summed E-state index contributed by atoms with van der Waals surface area (Å²) >= 11 is 0. The van der Waals surface area contributed by atoms with Crippen LogP contribution in [-0.4, -0.2) is 38.1 Å². The van der Waals surface area contributed by atoms with Crippen molar-refractivity contribution in [1.29, 1.82) is 0 Å². The fraction of sp³-hybridized carbons (Fsp3) is 0.350. The fourth-order valence-corrected chi connectivity index (χ4v) is 3.83. The number of nitrogens with zero attached hydrogens (tertiary/aromatic N) is 4. The van der Waals surface area contributed by atoms with E-state index in [1.807, 2.05) is 12.1 Å². The molecule has 5 rings (SSSR count). The third-order valence-electron chi connectivity index (χ3n) is 5.19. The van der Waals surface area contributed by atoms with E-state index in [2.05, 4.69) is 45.1 Å². The van der Waals surface area contributed by atoms with Crippen LogP contribution in [0.4, 0.5) is 0 Å². The van der Waals surface area contributed by atoms with Gasteiger partial charge in [0.2, 0.25) is 11.7 Å². The lowest BCUT2D eigenvalue weighted by atomic mass is 9.97. The van der Waals surface area contributed by atoms with E-state index in [9.17, 15) is 0 Å². The summed E-state index contributed by atoms with van der Waals surface area (Å²) < 4.78 is 10.7. The van der Waals surface area contributed by atoms with E-state index >= 15 is 0 Å². The van der Waals surface area contributed by atoms with Crippen LogP contribution in [0.25, 0.3) is 22.6 Å². The number of fused-ring (bicyclic) bond motifs is 1. The van der Waals surface area contributed by atoms with Gasteiger partial charge in [0.25, 0.3) is 0 Å². The third kappa shape index (κ3) is 3.14. The first-order chi connectivity index (χ1) is 13.3. The number of para-hydroxylation sites is 1. The third-order valence-corrected chi connectivity index (χ3v) is 5.19. The Kier molecular flexibility index (Phi) is 4.01. The van der Waals surface area contributed by atoms with E-state index in [0.29, 0.717) is 29.9 Å². The number of nitrogens with one attached hydrogen (secondary N) is 1.